The van der Waals surface area contributed by atoms with Crippen molar-refractivity contribution in [1.82, 2.24) is 0 Å². The molecule has 0 spiro atoms. The monoisotopic (exact) mass is 247 g/mol. The Morgan fingerprint density at radius 2 is 2.19 bits per heavy atom. The van der Waals surface area contributed by atoms with Gasteiger partial charge in [-0.3, -0.25) is 4.79 Å². The van der Waals surface area contributed by atoms with E-state index in [1.165, 1.54) is 11.3 Å². The van der Waals surface area contributed by atoms with Crippen molar-refractivity contribution in [3.05, 3.63) is 40.1 Å². The van der Waals surface area contributed by atoms with E-state index in [-0.39, 0.29) is 11.0 Å². The number of hydrogen-bond acceptors (Lipinski definition) is 4. The maximum absolute atomic E-state index is 12.0. The van der Waals surface area contributed by atoms with Crippen LogP contribution in [0.15, 0.2) is 33.3 Å². The first-order valence-electron chi connectivity index (χ1n) is 4.86. The van der Waals surface area contributed by atoms with Crippen LogP contribution in [0.5, 0.6) is 0 Å². The first-order chi connectivity index (χ1) is 7.77. The summed E-state index contributed by atoms with van der Waals surface area (Å²) in [7, 11) is 0. The Morgan fingerprint density at radius 1 is 1.44 bits per heavy atom. The molecule has 0 unspecified atom stereocenters. The van der Waals surface area contributed by atoms with Gasteiger partial charge in [-0.2, -0.15) is 5.26 Å². The van der Waals surface area contributed by atoms with Crippen LogP contribution in [0.4, 0.5) is 0 Å². The van der Waals surface area contributed by atoms with Crippen LogP contribution in [0.2, 0.25) is 0 Å². The topological polar surface area (TPSA) is 40.9 Å². The van der Waals surface area contributed by atoms with E-state index in [0.717, 1.165) is 14.7 Å². The summed E-state index contributed by atoms with van der Waals surface area (Å²) in [4.78, 5) is 12.0. The molecule has 0 atom stereocenters. The van der Waals surface area contributed by atoms with Crippen molar-refractivity contribution in [2.75, 3.05) is 5.75 Å². The molecule has 0 saturated heterocycles. The molecule has 16 heavy (non-hydrogen) atoms. The van der Waals surface area contributed by atoms with E-state index in [0.29, 0.717) is 5.39 Å². The second kappa shape index (κ2) is 4.69. The predicted octanol–water partition coefficient (Wildman–Crippen LogP) is 3.25. The minimum Gasteiger partial charge on any atom is -0.288 e. The van der Waals surface area contributed by atoms with Crippen LogP contribution in [0.3, 0.4) is 0 Å². The van der Waals surface area contributed by atoms with Gasteiger partial charge in [0.1, 0.15) is 11.6 Å². The average Bonchev–Trinajstić information content (AvgIpc) is 2.30. The summed E-state index contributed by atoms with van der Waals surface area (Å²) in [6.07, 6.45) is 0. The third-order valence-electron chi connectivity index (χ3n) is 2.15. The molecule has 0 aliphatic rings. The van der Waals surface area contributed by atoms with E-state index >= 15 is 0 Å². The summed E-state index contributed by atoms with van der Waals surface area (Å²) < 4.78 is 1.77. The summed E-state index contributed by atoms with van der Waals surface area (Å²) in [5, 5.41) is 9.67. The number of nitrogens with zero attached hydrogens (tertiary/aromatic N) is 1. The molecule has 1 heterocycles. The van der Waals surface area contributed by atoms with Crippen molar-refractivity contribution < 1.29 is 0 Å². The molecular formula is C12H9NOS2. The van der Waals surface area contributed by atoms with Gasteiger partial charge in [-0.1, -0.05) is 19.1 Å². The van der Waals surface area contributed by atoms with Gasteiger partial charge in [-0.05, 0) is 17.9 Å². The zero-order valence-electron chi connectivity index (χ0n) is 8.69. The number of rotatable bonds is 2. The van der Waals surface area contributed by atoms with Gasteiger partial charge in [-0.15, -0.1) is 23.1 Å². The molecule has 4 heteroatoms. The maximum Gasteiger partial charge on any atom is 0.206 e. The Morgan fingerprint density at radius 3 is 2.88 bits per heavy atom. The molecule has 1 aromatic carbocycles. The standard InChI is InChI=1S/C12H9NOS2/c1-2-15-12-9(7-13)11(14)8-5-3-4-6-10(8)16-12/h3-6H,2H2,1H3. The van der Waals surface area contributed by atoms with Crippen LogP contribution in [-0.4, -0.2) is 5.75 Å². The largest absolute Gasteiger partial charge is 0.288 e. The quantitative estimate of drug-likeness (QED) is 0.765. The summed E-state index contributed by atoms with van der Waals surface area (Å²) in [5.74, 6) is 0.864. The fourth-order valence-electron chi connectivity index (χ4n) is 1.45. The number of fused-ring (bicyclic) bond motifs is 1. The van der Waals surface area contributed by atoms with Gasteiger partial charge in [0, 0.05) is 10.1 Å². The zero-order valence-corrected chi connectivity index (χ0v) is 10.3. The van der Waals surface area contributed by atoms with Crippen molar-refractivity contribution >= 4 is 33.2 Å². The molecule has 0 bridgehead atoms. The number of nitriles is 1. The fraction of sp³-hybridized carbons (Fsp3) is 0.167. The third-order valence-corrected chi connectivity index (χ3v) is 4.48. The highest BCUT2D eigenvalue weighted by molar-refractivity contribution is 8.01. The SMILES string of the molecule is CCSc1sc2ccccc2c(=O)c1C#N. The van der Waals surface area contributed by atoms with Crippen LogP contribution in [0, 0.1) is 11.3 Å². The van der Waals surface area contributed by atoms with Crippen molar-refractivity contribution in [3.63, 3.8) is 0 Å². The molecule has 1 aromatic heterocycles. The third kappa shape index (κ3) is 1.84. The Balaban J connectivity index is 2.83. The molecule has 2 rings (SSSR count). The summed E-state index contributed by atoms with van der Waals surface area (Å²) in [6.45, 7) is 2.01. The molecule has 0 N–H and O–H groups in total. The Hall–Kier alpha value is -1.31. The highest BCUT2D eigenvalue weighted by Gasteiger charge is 2.11. The van der Waals surface area contributed by atoms with E-state index in [1.807, 2.05) is 31.2 Å². The minimum atomic E-state index is -0.146. The average molecular weight is 247 g/mol. The van der Waals surface area contributed by atoms with Gasteiger partial charge < -0.3 is 0 Å². The van der Waals surface area contributed by atoms with Crippen LogP contribution in [-0.2, 0) is 0 Å². The minimum absolute atomic E-state index is 0.146. The fourth-order valence-corrected chi connectivity index (χ4v) is 3.71. The van der Waals surface area contributed by atoms with Gasteiger partial charge >= 0.3 is 0 Å². The lowest BCUT2D eigenvalue weighted by Gasteiger charge is -2.02. The molecular weight excluding hydrogens is 238 g/mol. The van der Waals surface area contributed by atoms with E-state index < -0.39 is 0 Å². The molecule has 0 radical (unpaired) electrons. The number of benzene rings is 1. The van der Waals surface area contributed by atoms with Crippen LogP contribution < -0.4 is 5.43 Å². The van der Waals surface area contributed by atoms with Crippen LogP contribution in [0.1, 0.15) is 12.5 Å². The van der Waals surface area contributed by atoms with E-state index in [2.05, 4.69) is 0 Å². The number of thioether (sulfide) groups is 1. The molecule has 0 amide bonds. The second-order valence-electron chi connectivity index (χ2n) is 3.13. The lowest BCUT2D eigenvalue weighted by molar-refractivity contribution is 1.41. The summed E-state index contributed by atoms with van der Waals surface area (Å²) >= 11 is 3.07. The molecule has 80 valence electrons. The first-order valence-corrected chi connectivity index (χ1v) is 6.67. The van der Waals surface area contributed by atoms with Crippen molar-refractivity contribution in [1.29, 1.82) is 5.26 Å². The van der Waals surface area contributed by atoms with Gasteiger partial charge in [0.05, 0.1) is 4.21 Å². The van der Waals surface area contributed by atoms with E-state index in [1.54, 1.807) is 17.8 Å². The van der Waals surface area contributed by atoms with Crippen LogP contribution in [0.25, 0.3) is 10.1 Å². The molecule has 0 fully saturated rings. The highest BCUT2D eigenvalue weighted by atomic mass is 32.2. The Labute approximate surface area is 102 Å². The number of hydrogen-bond donors (Lipinski definition) is 0. The molecule has 2 aromatic rings. The first kappa shape index (κ1) is 11.2. The Bertz CT molecular complexity index is 625. The maximum atomic E-state index is 12.0. The molecule has 0 saturated carbocycles. The van der Waals surface area contributed by atoms with Gasteiger partial charge in [0.25, 0.3) is 0 Å². The molecule has 2 nitrogen and oxygen atoms in total. The van der Waals surface area contributed by atoms with Crippen molar-refractivity contribution in [3.8, 4) is 6.07 Å². The lowest BCUT2D eigenvalue weighted by atomic mass is 10.2. The van der Waals surface area contributed by atoms with E-state index in [9.17, 15) is 4.79 Å². The smallest absolute Gasteiger partial charge is 0.206 e. The molecule has 0 aliphatic heterocycles. The van der Waals surface area contributed by atoms with Crippen molar-refractivity contribution in [2.45, 2.75) is 11.1 Å². The normalized spacial score (nSPS) is 10.2. The van der Waals surface area contributed by atoms with Gasteiger partial charge in [0.15, 0.2) is 0 Å². The summed E-state index contributed by atoms with van der Waals surface area (Å²) in [6, 6.07) is 9.44. The van der Waals surface area contributed by atoms with Crippen molar-refractivity contribution in [2.24, 2.45) is 0 Å². The predicted molar refractivity (Wildman–Crippen MR) is 69.2 cm³/mol. The van der Waals surface area contributed by atoms with Crippen LogP contribution >= 0.6 is 23.1 Å². The molecule has 0 aliphatic carbocycles. The zero-order chi connectivity index (χ0) is 11.5. The van der Waals surface area contributed by atoms with Gasteiger partial charge in [-0.25, -0.2) is 0 Å². The lowest BCUT2D eigenvalue weighted by Crippen LogP contribution is -2.06. The van der Waals surface area contributed by atoms with E-state index in [4.69, 9.17) is 5.26 Å². The Kier molecular flexibility index (Phi) is 3.28. The van der Waals surface area contributed by atoms with Gasteiger partial charge in [0.2, 0.25) is 5.43 Å². The second-order valence-corrected chi connectivity index (χ2v) is 5.72. The highest BCUT2D eigenvalue weighted by Crippen LogP contribution is 2.29. The summed E-state index contributed by atoms with van der Waals surface area (Å²) in [5.41, 5.74) is 0.142.